The number of rotatable bonds is 5. The molecule has 1 fully saturated rings. The summed E-state index contributed by atoms with van der Waals surface area (Å²) in [6.07, 6.45) is 0. The Hall–Kier alpha value is -3.88. The van der Waals surface area contributed by atoms with Crippen LogP contribution in [0.25, 0.3) is 11.0 Å². The summed E-state index contributed by atoms with van der Waals surface area (Å²) in [4.78, 5) is 44.4. The maximum atomic E-state index is 13.2. The molecule has 1 atom stereocenters. The van der Waals surface area contributed by atoms with Gasteiger partial charge in [0, 0.05) is 19.7 Å². The average molecular weight is 421 g/mol. The number of amides is 4. The van der Waals surface area contributed by atoms with Crippen LogP contribution in [0.15, 0.2) is 42.5 Å². The molecule has 0 saturated carbocycles. The summed E-state index contributed by atoms with van der Waals surface area (Å²) >= 11 is 0. The summed E-state index contributed by atoms with van der Waals surface area (Å²) < 4.78 is 7.00. The van der Waals surface area contributed by atoms with E-state index in [0.717, 1.165) is 11.1 Å². The Labute approximate surface area is 179 Å². The number of nitrogens with one attached hydrogen (secondary N) is 2. The van der Waals surface area contributed by atoms with Gasteiger partial charge in [-0.15, -0.1) is 0 Å². The third-order valence-electron chi connectivity index (χ3n) is 5.61. The number of likely N-dealkylation sites (N-methyl/N-ethyl adjacent to an activating group) is 1. The number of hydrogen-bond donors (Lipinski definition) is 2. The molecule has 4 amide bonds. The van der Waals surface area contributed by atoms with Gasteiger partial charge in [0.25, 0.3) is 11.8 Å². The minimum atomic E-state index is -1.53. The molecule has 4 rings (SSSR count). The van der Waals surface area contributed by atoms with Crippen molar-refractivity contribution in [2.24, 2.45) is 7.05 Å². The fourth-order valence-corrected chi connectivity index (χ4v) is 3.95. The van der Waals surface area contributed by atoms with Crippen LogP contribution >= 0.6 is 0 Å². The van der Waals surface area contributed by atoms with Gasteiger partial charge in [-0.25, -0.2) is 9.78 Å². The predicted octanol–water partition coefficient (Wildman–Crippen LogP) is 1.70. The van der Waals surface area contributed by atoms with Gasteiger partial charge in [0.1, 0.15) is 11.6 Å². The van der Waals surface area contributed by atoms with Crippen molar-refractivity contribution in [3.8, 4) is 5.75 Å². The minimum Gasteiger partial charge on any atom is -0.497 e. The largest absolute Gasteiger partial charge is 0.497 e. The van der Waals surface area contributed by atoms with Crippen molar-refractivity contribution in [3.05, 3.63) is 59.4 Å². The fraction of sp³-hybridized carbons (Fsp3) is 0.273. The molecule has 160 valence electrons. The summed E-state index contributed by atoms with van der Waals surface area (Å²) in [5.74, 6) is 0.0415. The van der Waals surface area contributed by atoms with Crippen molar-refractivity contribution in [2.75, 3.05) is 20.7 Å². The fourth-order valence-electron chi connectivity index (χ4n) is 3.95. The van der Waals surface area contributed by atoms with Gasteiger partial charge in [0.2, 0.25) is 0 Å². The number of aryl methyl sites for hydroxylation is 2. The molecule has 1 unspecified atom stereocenters. The van der Waals surface area contributed by atoms with E-state index in [-0.39, 0.29) is 12.5 Å². The number of imide groups is 1. The smallest absolute Gasteiger partial charge is 0.322 e. The molecule has 31 heavy (non-hydrogen) atoms. The van der Waals surface area contributed by atoms with Gasteiger partial charge in [0.15, 0.2) is 5.54 Å². The van der Waals surface area contributed by atoms with Gasteiger partial charge in [0.05, 0.1) is 24.7 Å². The third-order valence-corrected chi connectivity index (χ3v) is 5.61. The Morgan fingerprint density at radius 2 is 1.97 bits per heavy atom. The minimum absolute atomic E-state index is 0.1000. The van der Waals surface area contributed by atoms with E-state index in [0.29, 0.717) is 22.7 Å². The molecule has 1 aromatic heterocycles. The average Bonchev–Trinajstić information content (AvgIpc) is 3.24. The molecule has 0 radical (unpaired) electrons. The van der Waals surface area contributed by atoms with Crippen LogP contribution in [0.2, 0.25) is 0 Å². The van der Waals surface area contributed by atoms with E-state index in [1.54, 1.807) is 36.9 Å². The van der Waals surface area contributed by atoms with Crippen LogP contribution in [0.3, 0.4) is 0 Å². The lowest BCUT2D eigenvalue weighted by Gasteiger charge is -2.30. The lowest BCUT2D eigenvalue weighted by Crippen LogP contribution is -2.54. The maximum absolute atomic E-state index is 13.2. The molecule has 3 aromatic rings. The molecule has 1 aliphatic heterocycles. The number of carbonyl (C=O) groups is 3. The van der Waals surface area contributed by atoms with Crippen LogP contribution in [0, 0.1) is 6.92 Å². The standard InChI is InChI=1S/C22H23N5O4/c1-13-9-10-14(31-4)11-15(13)18(28)26(2)12-22(20(29)24-21(30)25-22)19-23-16-7-5-6-8-17(16)27(19)3/h5-11H,12H2,1-4H3,(H2,24,25,29,30). The number of imidazole rings is 1. The van der Waals surface area contributed by atoms with E-state index in [9.17, 15) is 14.4 Å². The third kappa shape index (κ3) is 3.27. The lowest BCUT2D eigenvalue weighted by molar-refractivity contribution is -0.125. The number of fused-ring (bicyclic) bond motifs is 1. The van der Waals surface area contributed by atoms with Gasteiger partial charge in [-0.1, -0.05) is 18.2 Å². The Kier molecular flexibility index (Phi) is 4.88. The quantitative estimate of drug-likeness (QED) is 0.610. The molecule has 2 heterocycles. The van der Waals surface area contributed by atoms with Crippen LogP contribution in [0.4, 0.5) is 4.79 Å². The highest BCUT2D eigenvalue weighted by Gasteiger charge is 2.52. The molecule has 9 nitrogen and oxygen atoms in total. The van der Waals surface area contributed by atoms with Crippen molar-refractivity contribution >= 4 is 28.9 Å². The molecule has 1 aliphatic rings. The van der Waals surface area contributed by atoms with E-state index in [1.165, 1.54) is 12.0 Å². The number of aromatic nitrogens is 2. The second kappa shape index (κ2) is 7.42. The topological polar surface area (TPSA) is 106 Å². The SMILES string of the molecule is COc1ccc(C)c(C(=O)N(C)CC2(c3nc4ccccc4n3C)NC(=O)NC2=O)c1. The molecule has 2 aromatic carbocycles. The number of methoxy groups -OCH3 is 1. The number of hydrogen-bond acceptors (Lipinski definition) is 5. The number of urea groups is 1. The van der Waals surface area contributed by atoms with Gasteiger partial charge >= 0.3 is 6.03 Å². The van der Waals surface area contributed by atoms with E-state index in [4.69, 9.17) is 4.74 Å². The zero-order valence-electron chi connectivity index (χ0n) is 17.7. The Balaban J connectivity index is 1.76. The molecule has 0 bridgehead atoms. The van der Waals surface area contributed by atoms with Crippen LogP contribution in [-0.2, 0) is 17.4 Å². The number of benzene rings is 2. The van der Waals surface area contributed by atoms with E-state index in [1.807, 2.05) is 31.2 Å². The van der Waals surface area contributed by atoms with Crippen molar-refractivity contribution in [1.82, 2.24) is 25.1 Å². The summed E-state index contributed by atoms with van der Waals surface area (Å²) in [5.41, 5.74) is 1.19. The summed E-state index contributed by atoms with van der Waals surface area (Å²) in [7, 11) is 4.89. The number of ether oxygens (including phenoxy) is 1. The maximum Gasteiger partial charge on any atom is 0.322 e. The summed E-state index contributed by atoms with van der Waals surface area (Å²) in [6, 6.07) is 12.0. The van der Waals surface area contributed by atoms with Crippen molar-refractivity contribution in [2.45, 2.75) is 12.5 Å². The normalized spacial score (nSPS) is 18.1. The van der Waals surface area contributed by atoms with Gasteiger partial charge < -0.3 is 19.5 Å². The van der Waals surface area contributed by atoms with Crippen LogP contribution in [0.1, 0.15) is 21.7 Å². The highest BCUT2D eigenvalue weighted by atomic mass is 16.5. The van der Waals surface area contributed by atoms with Crippen molar-refractivity contribution < 1.29 is 19.1 Å². The van der Waals surface area contributed by atoms with Gasteiger partial charge in [-0.3, -0.25) is 14.9 Å². The zero-order valence-corrected chi connectivity index (χ0v) is 17.7. The summed E-state index contributed by atoms with van der Waals surface area (Å²) in [6.45, 7) is 1.73. The number of para-hydroxylation sites is 2. The first-order valence-corrected chi connectivity index (χ1v) is 9.72. The van der Waals surface area contributed by atoms with Crippen molar-refractivity contribution in [3.63, 3.8) is 0 Å². The zero-order chi connectivity index (χ0) is 22.3. The van der Waals surface area contributed by atoms with Gasteiger partial charge in [-0.2, -0.15) is 0 Å². The van der Waals surface area contributed by atoms with E-state index < -0.39 is 17.5 Å². The lowest BCUT2D eigenvalue weighted by atomic mass is 9.97. The monoisotopic (exact) mass is 421 g/mol. The van der Waals surface area contributed by atoms with E-state index >= 15 is 0 Å². The highest BCUT2D eigenvalue weighted by Crippen LogP contribution is 2.29. The number of carbonyl (C=O) groups excluding carboxylic acids is 3. The first-order chi connectivity index (χ1) is 14.8. The number of nitrogens with zero attached hydrogens (tertiary/aromatic N) is 3. The van der Waals surface area contributed by atoms with Gasteiger partial charge in [-0.05, 0) is 36.8 Å². The Bertz CT molecular complexity index is 1220. The molecule has 9 heteroatoms. The van der Waals surface area contributed by atoms with E-state index in [2.05, 4.69) is 15.6 Å². The molecule has 0 spiro atoms. The second-order valence-corrected chi connectivity index (χ2v) is 7.64. The Morgan fingerprint density at radius 1 is 1.23 bits per heavy atom. The Morgan fingerprint density at radius 3 is 2.61 bits per heavy atom. The van der Waals surface area contributed by atoms with Crippen LogP contribution in [-0.4, -0.2) is 53.0 Å². The molecule has 1 saturated heterocycles. The molecular formula is C22H23N5O4. The highest BCUT2D eigenvalue weighted by molar-refractivity contribution is 6.08. The predicted molar refractivity (Wildman–Crippen MR) is 114 cm³/mol. The summed E-state index contributed by atoms with van der Waals surface area (Å²) in [5, 5.41) is 5.00. The molecule has 0 aliphatic carbocycles. The first-order valence-electron chi connectivity index (χ1n) is 9.72. The van der Waals surface area contributed by atoms with Crippen LogP contribution in [0.5, 0.6) is 5.75 Å². The first kappa shape index (κ1) is 20.4. The second-order valence-electron chi connectivity index (χ2n) is 7.64. The molecule has 2 N–H and O–H groups in total. The van der Waals surface area contributed by atoms with Crippen molar-refractivity contribution in [1.29, 1.82) is 0 Å². The molecular weight excluding hydrogens is 398 g/mol. The van der Waals surface area contributed by atoms with Crippen LogP contribution < -0.4 is 15.4 Å².